The van der Waals surface area contributed by atoms with E-state index in [4.69, 9.17) is 37.9 Å². The van der Waals surface area contributed by atoms with E-state index in [1.165, 1.54) is 6.08 Å². The highest BCUT2D eigenvalue weighted by atomic mass is 19.3. The van der Waals surface area contributed by atoms with E-state index < -0.39 is 159 Å². The molecule has 0 aromatic carbocycles. The number of alkyl carbamates (subject to hydrolysis) is 3. The van der Waals surface area contributed by atoms with E-state index in [-0.39, 0.29) is 44.7 Å². The summed E-state index contributed by atoms with van der Waals surface area (Å²) in [6, 6.07) is 0. The molecule has 0 aromatic rings. The fraction of sp³-hybridized carbons (Fsp3) is 0.625. The minimum Gasteiger partial charge on any atom is -0.462 e. The highest BCUT2D eigenvalue weighted by molar-refractivity contribution is 5.84. The van der Waals surface area contributed by atoms with Crippen molar-refractivity contribution in [3.05, 3.63) is 75.9 Å². The summed E-state index contributed by atoms with van der Waals surface area (Å²) in [6.07, 6.45) is 3.74. The maximum absolute atomic E-state index is 15.0. The molecule has 0 bridgehead atoms. The zero-order chi connectivity index (χ0) is 63.4. The summed E-state index contributed by atoms with van der Waals surface area (Å²) in [4.78, 5) is 112. The summed E-state index contributed by atoms with van der Waals surface area (Å²) >= 11 is 0. The summed E-state index contributed by atoms with van der Waals surface area (Å²) < 4.78 is 111. The van der Waals surface area contributed by atoms with Crippen LogP contribution in [0.5, 0.6) is 0 Å². The highest BCUT2D eigenvalue weighted by Gasteiger charge is 2.58. The van der Waals surface area contributed by atoms with Crippen LogP contribution < -0.4 is 21.3 Å². The number of carbonyl (C=O) groups excluding carboxylic acids is 9. The van der Waals surface area contributed by atoms with Gasteiger partial charge in [-0.05, 0) is 62.7 Å². The second-order valence-electron chi connectivity index (χ2n) is 22.1. The molecule has 3 unspecified atom stereocenters. The van der Waals surface area contributed by atoms with Gasteiger partial charge in [0.1, 0.15) is 51.7 Å². The van der Waals surface area contributed by atoms with Crippen molar-refractivity contribution < 1.29 is 108 Å². The summed E-state index contributed by atoms with van der Waals surface area (Å²) in [6.45, 7) is 23.7. The van der Waals surface area contributed by atoms with Gasteiger partial charge in [0, 0.05) is 54.5 Å². The molecule has 0 aliphatic heterocycles. The molecule has 1 fully saturated rings. The molecule has 0 spiro atoms. The minimum absolute atomic E-state index is 0.0833. The standard InChI is InChI=1S/C56H82F4N4O19/c1-14-23-75-45(70)54(34-79-43(68)18-5,35-80-44(69)19-6)33-74-38-63-51(12,27-49(8,9)20-7)21-22-61-46(71)82-36-55(57,58)56(59,60)37-83-47(72)62-26-39-24-50(10,11)28-52(13,25-39)64-48(73)81-32-53(29-76-40(65)15-2,30-77-41(66)16-3)31-78-42(67)17-4/h14-19,39,63H,1-6,20-38H2,7-13H3,(H,61,71)(H,62,72)(H,64,73). The number of nitrogens with one attached hydrogen (secondary N) is 4. The molecule has 1 saturated carbocycles. The van der Waals surface area contributed by atoms with Gasteiger partial charge in [0.2, 0.25) is 0 Å². The Morgan fingerprint density at radius 1 is 0.566 bits per heavy atom. The number of carbonyl (C=O) groups is 9. The Bertz CT molecular complexity index is 2230. The first-order chi connectivity index (χ1) is 38.6. The maximum atomic E-state index is 15.0. The largest absolute Gasteiger partial charge is 0.462 e. The Hall–Kier alpha value is -7.29. The fourth-order valence-electron chi connectivity index (χ4n) is 8.84. The van der Waals surface area contributed by atoms with Crippen LogP contribution in [0.2, 0.25) is 0 Å². The van der Waals surface area contributed by atoms with Gasteiger partial charge < -0.3 is 63.3 Å². The molecule has 0 saturated heterocycles. The molecular formula is C56H82F4N4O19. The Kier molecular flexibility index (Phi) is 30.0. The molecule has 0 heterocycles. The normalized spacial score (nSPS) is 16.7. The van der Waals surface area contributed by atoms with Crippen LogP contribution in [0.4, 0.5) is 31.9 Å². The van der Waals surface area contributed by atoms with E-state index in [0.717, 1.165) is 30.4 Å². The van der Waals surface area contributed by atoms with Crippen LogP contribution in [-0.2, 0) is 76.1 Å². The minimum atomic E-state index is -5.03. The van der Waals surface area contributed by atoms with Crippen molar-refractivity contribution in [2.45, 2.75) is 110 Å². The predicted octanol–water partition coefficient (Wildman–Crippen LogP) is 6.91. The van der Waals surface area contributed by atoms with Crippen LogP contribution >= 0.6 is 0 Å². The van der Waals surface area contributed by atoms with Crippen molar-refractivity contribution in [3.8, 4) is 0 Å². The lowest BCUT2D eigenvalue weighted by molar-refractivity contribution is -0.238. The van der Waals surface area contributed by atoms with E-state index >= 15 is 0 Å². The number of alkyl halides is 4. The lowest BCUT2D eigenvalue weighted by atomic mass is 9.64. The molecule has 1 rings (SSSR count). The van der Waals surface area contributed by atoms with Crippen molar-refractivity contribution in [2.24, 2.45) is 27.6 Å². The third kappa shape index (κ3) is 27.1. The van der Waals surface area contributed by atoms with E-state index in [9.17, 15) is 60.7 Å². The van der Waals surface area contributed by atoms with Crippen molar-refractivity contribution in [3.63, 3.8) is 0 Å². The lowest BCUT2D eigenvalue weighted by Crippen LogP contribution is -2.55. The number of ether oxygens (including phenoxy) is 10. The second kappa shape index (κ2) is 33.7. The molecule has 1 aliphatic carbocycles. The van der Waals surface area contributed by atoms with Gasteiger partial charge in [-0.25, -0.2) is 38.4 Å². The Morgan fingerprint density at radius 3 is 1.45 bits per heavy atom. The van der Waals surface area contributed by atoms with Crippen molar-refractivity contribution >= 4 is 54.1 Å². The number of amides is 3. The number of hydrogen-bond acceptors (Lipinski definition) is 20. The van der Waals surface area contributed by atoms with Gasteiger partial charge in [0.15, 0.2) is 18.6 Å². The van der Waals surface area contributed by atoms with Crippen molar-refractivity contribution in [1.29, 1.82) is 0 Å². The Balaban J connectivity index is 2.98. The smallest absolute Gasteiger partial charge is 0.407 e. The molecular weight excluding hydrogens is 1110 g/mol. The van der Waals surface area contributed by atoms with Gasteiger partial charge in [-0.1, -0.05) is 86.6 Å². The molecule has 23 nitrogen and oxygen atoms in total. The summed E-state index contributed by atoms with van der Waals surface area (Å²) in [5.74, 6) is -15.9. The third-order valence-electron chi connectivity index (χ3n) is 13.1. The maximum Gasteiger partial charge on any atom is 0.407 e. The van der Waals surface area contributed by atoms with Crippen LogP contribution in [0.15, 0.2) is 75.9 Å². The molecule has 3 atom stereocenters. The molecule has 4 N–H and O–H groups in total. The van der Waals surface area contributed by atoms with Gasteiger partial charge in [-0.2, -0.15) is 17.6 Å². The van der Waals surface area contributed by atoms with Crippen LogP contribution in [0.1, 0.15) is 87.0 Å². The zero-order valence-electron chi connectivity index (χ0n) is 48.5. The summed E-state index contributed by atoms with van der Waals surface area (Å²) in [7, 11) is 0. The molecule has 3 amide bonds. The van der Waals surface area contributed by atoms with Crippen LogP contribution in [0.25, 0.3) is 0 Å². The van der Waals surface area contributed by atoms with Crippen molar-refractivity contribution in [2.75, 3.05) is 85.9 Å². The van der Waals surface area contributed by atoms with Crippen molar-refractivity contribution in [1.82, 2.24) is 21.3 Å². The average molecular weight is 1190 g/mol. The highest BCUT2D eigenvalue weighted by Crippen LogP contribution is 2.44. The summed E-state index contributed by atoms with van der Waals surface area (Å²) in [5.41, 5.74) is -6.31. The number of esters is 6. The predicted molar refractivity (Wildman–Crippen MR) is 290 cm³/mol. The molecule has 1 aliphatic rings. The molecule has 27 heteroatoms. The van der Waals surface area contributed by atoms with Gasteiger partial charge in [0.05, 0.1) is 13.3 Å². The number of hydrogen-bond donors (Lipinski definition) is 4. The average Bonchev–Trinajstić information content (AvgIpc) is 3.62. The lowest BCUT2D eigenvalue weighted by Gasteiger charge is -2.46. The first kappa shape index (κ1) is 73.7. The summed E-state index contributed by atoms with van der Waals surface area (Å²) in [5, 5.41) is 10.5. The number of halogens is 4. The van der Waals surface area contributed by atoms with E-state index in [0.29, 0.717) is 25.7 Å². The fourth-order valence-corrected chi connectivity index (χ4v) is 8.84. The van der Waals surface area contributed by atoms with E-state index in [1.54, 1.807) is 13.8 Å². The first-order valence-electron chi connectivity index (χ1n) is 26.2. The van der Waals surface area contributed by atoms with Gasteiger partial charge >= 0.3 is 65.9 Å². The Labute approximate surface area is 481 Å². The van der Waals surface area contributed by atoms with E-state index in [1.807, 2.05) is 34.6 Å². The quantitative estimate of drug-likeness (QED) is 0.00925. The second-order valence-corrected chi connectivity index (χ2v) is 22.1. The van der Waals surface area contributed by atoms with Gasteiger partial charge in [-0.15, -0.1) is 0 Å². The molecule has 0 aromatic heterocycles. The molecule has 468 valence electrons. The topological polar surface area (TPSA) is 294 Å². The zero-order valence-corrected chi connectivity index (χ0v) is 48.5. The van der Waals surface area contributed by atoms with Crippen LogP contribution in [-0.4, -0.2) is 163 Å². The monoisotopic (exact) mass is 1190 g/mol. The molecule has 83 heavy (non-hydrogen) atoms. The van der Waals surface area contributed by atoms with Gasteiger partial charge in [-0.3, -0.25) is 10.1 Å². The number of rotatable bonds is 39. The molecule has 0 radical (unpaired) electrons. The van der Waals surface area contributed by atoms with Crippen LogP contribution in [0, 0.1) is 27.6 Å². The van der Waals surface area contributed by atoms with E-state index in [2.05, 4.69) is 70.2 Å². The Morgan fingerprint density at radius 2 is 1.00 bits per heavy atom. The van der Waals surface area contributed by atoms with Crippen LogP contribution in [0.3, 0.4) is 0 Å². The third-order valence-corrected chi connectivity index (χ3v) is 13.1. The first-order valence-corrected chi connectivity index (χ1v) is 26.2. The van der Waals surface area contributed by atoms with Gasteiger partial charge in [0.25, 0.3) is 0 Å². The SMILES string of the molecule is C=CCOC(=O)C(COCNC(C)(CCNC(=O)OCC(F)(F)C(F)(F)COC(=O)NCC1CC(C)(C)CC(C)(NC(=O)OCC(COC(=O)C=C)(COC(=O)C=C)COC(=O)C=C)C1)CC(C)(C)CC)(COC(=O)C=C)COC(=O)C=C.